The van der Waals surface area contributed by atoms with Crippen LogP contribution in [0.2, 0.25) is 0 Å². The Labute approximate surface area is 121 Å². The number of amides is 1. The molecule has 1 aliphatic rings. The Hall–Kier alpha value is -1.98. The minimum atomic E-state index is -1.18. The molecule has 0 saturated carbocycles. The number of rotatable bonds is 3. The maximum atomic E-state index is 13.7. The molecule has 1 aromatic carbocycles. The zero-order chi connectivity index (χ0) is 15.4. The number of nitrogens with zero attached hydrogens (tertiary/aromatic N) is 1. The molecule has 1 aromatic rings. The van der Waals surface area contributed by atoms with E-state index in [2.05, 4.69) is 0 Å². The zero-order valence-corrected chi connectivity index (χ0v) is 11.8. The smallest absolute Gasteiger partial charge is 0.328 e. The van der Waals surface area contributed by atoms with Gasteiger partial charge in [-0.3, -0.25) is 4.79 Å². The summed E-state index contributed by atoms with van der Waals surface area (Å²) in [7, 11) is 0. The summed E-state index contributed by atoms with van der Waals surface area (Å²) < 4.78 is 31.9. The molecule has 21 heavy (non-hydrogen) atoms. The molecule has 1 unspecified atom stereocenters. The van der Waals surface area contributed by atoms with Crippen molar-refractivity contribution in [1.29, 1.82) is 0 Å². The van der Waals surface area contributed by atoms with Crippen LogP contribution in [-0.2, 0) is 9.53 Å². The van der Waals surface area contributed by atoms with Gasteiger partial charge in [0.05, 0.1) is 12.2 Å². The van der Waals surface area contributed by atoms with Crippen molar-refractivity contribution in [3.8, 4) is 0 Å². The van der Waals surface area contributed by atoms with Gasteiger partial charge in [-0.25, -0.2) is 13.6 Å². The molecule has 1 amide bonds. The quantitative estimate of drug-likeness (QED) is 0.805. The van der Waals surface area contributed by atoms with Crippen LogP contribution in [0, 0.1) is 11.6 Å². The van der Waals surface area contributed by atoms with Crippen molar-refractivity contribution in [2.24, 2.45) is 0 Å². The highest BCUT2D eigenvalue weighted by Crippen LogP contribution is 2.22. The molecule has 1 atom stereocenters. The molecular formula is C15H17F2NO3. The maximum absolute atomic E-state index is 13.7. The Balaban J connectivity index is 2.26. The van der Waals surface area contributed by atoms with E-state index in [1.807, 2.05) is 0 Å². The summed E-state index contributed by atoms with van der Waals surface area (Å²) in [6, 6.07) is 2.71. The van der Waals surface area contributed by atoms with E-state index in [1.54, 1.807) is 6.92 Å². The largest absolute Gasteiger partial charge is 0.464 e. The van der Waals surface area contributed by atoms with Crippen LogP contribution in [-0.4, -0.2) is 36.0 Å². The van der Waals surface area contributed by atoms with Gasteiger partial charge in [-0.05, 0) is 38.3 Å². The van der Waals surface area contributed by atoms with Crippen LogP contribution < -0.4 is 0 Å². The van der Waals surface area contributed by atoms with E-state index in [4.69, 9.17) is 4.74 Å². The Bertz CT molecular complexity index is 548. The zero-order valence-electron chi connectivity index (χ0n) is 11.8. The van der Waals surface area contributed by atoms with E-state index in [0.29, 0.717) is 13.0 Å². The van der Waals surface area contributed by atoms with Crippen LogP contribution in [0.3, 0.4) is 0 Å². The van der Waals surface area contributed by atoms with Crippen LogP contribution >= 0.6 is 0 Å². The minimum Gasteiger partial charge on any atom is -0.464 e. The summed E-state index contributed by atoms with van der Waals surface area (Å²) in [5, 5.41) is 0. The molecule has 4 nitrogen and oxygen atoms in total. The van der Waals surface area contributed by atoms with E-state index in [9.17, 15) is 18.4 Å². The number of hydrogen-bond donors (Lipinski definition) is 0. The monoisotopic (exact) mass is 297 g/mol. The van der Waals surface area contributed by atoms with Crippen molar-refractivity contribution in [2.75, 3.05) is 13.2 Å². The molecule has 2 rings (SSSR count). The molecule has 114 valence electrons. The number of carbonyl (C=O) groups is 2. The van der Waals surface area contributed by atoms with Gasteiger partial charge in [0.2, 0.25) is 0 Å². The fourth-order valence-corrected chi connectivity index (χ4v) is 2.48. The Morgan fingerprint density at radius 2 is 2.10 bits per heavy atom. The van der Waals surface area contributed by atoms with Crippen molar-refractivity contribution in [2.45, 2.75) is 32.2 Å². The molecule has 1 fully saturated rings. The van der Waals surface area contributed by atoms with E-state index < -0.39 is 29.6 Å². The van der Waals surface area contributed by atoms with Crippen molar-refractivity contribution in [3.63, 3.8) is 0 Å². The summed E-state index contributed by atoms with van der Waals surface area (Å²) in [6.45, 7) is 2.23. The third-order valence-corrected chi connectivity index (χ3v) is 3.50. The van der Waals surface area contributed by atoms with Gasteiger partial charge in [-0.2, -0.15) is 0 Å². The fraction of sp³-hybridized carbons (Fsp3) is 0.467. The van der Waals surface area contributed by atoms with Gasteiger partial charge in [0, 0.05) is 6.54 Å². The van der Waals surface area contributed by atoms with Crippen LogP contribution in [0.5, 0.6) is 0 Å². The lowest BCUT2D eigenvalue weighted by Crippen LogP contribution is -2.48. The van der Waals surface area contributed by atoms with Crippen molar-refractivity contribution in [3.05, 3.63) is 35.4 Å². The number of esters is 1. The Morgan fingerprint density at radius 1 is 1.33 bits per heavy atom. The minimum absolute atomic E-state index is 0.214. The van der Waals surface area contributed by atoms with E-state index in [0.717, 1.165) is 18.9 Å². The van der Waals surface area contributed by atoms with Gasteiger partial charge in [0.25, 0.3) is 5.91 Å². The molecule has 0 N–H and O–H groups in total. The third-order valence-electron chi connectivity index (χ3n) is 3.50. The lowest BCUT2D eigenvalue weighted by molar-refractivity contribution is -0.149. The average Bonchev–Trinajstić information content (AvgIpc) is 2.49. The second-order valence-electron chi connectivity index (χ2n) is 4.86. The van der Waals surface area contributed by atoms with Gasteiger partial charge in [0.1, 0.15) is 6.04 Å². The fourth-order valence-electron chi connectivity index (χ4n) is 2.48. The average molecular weight is 297 g/mol. The predicted octanol–water partition coefficient (Wildman–Crippen LogP) is 2.52. The standard InChI is InChI=1S/C15H17F2NO3/c1-2-21-15(20)12-8-3-4-9-18(12)14(19)10-6-5-7-11(16)13(10)17/h5-7,12H,2-4,8-9H2,1H3. The first-order valence-corrected chi connectivity index (χ1v) is 6.98. The summed E-state index contributed by atoms with van der Waals surface area (Å²) in [4.78, 5) is 25.6. The molecule has 1 heterocycles. The van der Waals surface area contributed by atoms with Crippen molar-refractivity contribution >= 4 is 11.9 Å². The first-order valence-electron chi connectivity index (χ1n) is 6.98. The number of carbonyl (C=O) groups excluding carboxylic acids is 2. The summed E-state index contributed by atoms with van der Waals surface area (Å²) >= 11 is 0. The summed E-state index contributed by atoms with van der Waals surface area (Å²) in [5.41, 5.74) is -0.355. The second kappa shape index (κ2) is 6.65. The van der Waals surface area contributed by atoms with Gasteiger partial charge >= 0.3 is 5.97 Å². The van der Waals surface area contributed by atoms with Gasteiger partial charge in [-0.15, -0.1) is 0 Å². The molecule has 1 aliphatic heterocycles. The van der Waals surface area contributed by atoms with Crippen LogP contribution in [0.4, 0.5) is 8.78 Å². The molecule has 0 aromatic heterocycles. The van der Waals surface area contributed by atoms with Gasteiger partial charge in [0.15, 0.2) is 11.6 Å². The number of ether oxygens (including phenoxy) is 1. The number of halogens is 2. The molecule has 0 aliphatic carbocycles. The molecule has 0 bridgehead atoms. The highest BCUT2D eigenvalue weighted by Gasteiger charge is 2.34. The molecule has 0 radical (unpaired) electrons. The topological polar surface area (TPSA) is 46.6 Å². The third kappa shape index (κ3) is 3.20. The molecule has 0 spiro atoms. The first kappa shape index (κ1) is 15.4. The van der Waals surface area contributed by atoms with Crippen LogP contribution in [0.15, 0.2) is 18.2 Å². The van der Waals surface area contributed by atoms with Crippen LogP contribution in [0.1, 0.15) is 36.5 Å². The van der Waals surface area contributed by atoms with Gasteiger partial charge < -0.3 is 9.64 Å². The number of likely N-dealkylation sites (tertiary alicyclic amines) is 1. The highest BCUT2D eigenvalue weighted by atomic mass is 19.2. The lowest BCUT2D eigenvalue weighted by Gasteiger charge is -2.34. The lowest BCUT2D eigenvalue weighted by atomic mass is 10.0. The number of piperidine rings is 1. The maximum Gasteiger partial charge on any atom is 0.328 e. The molecular weight excluding hydrogens is 280 g/mol. The van der Waals surface area contributed by atoms with Crippen LogP contribution in [0.25, 0.3) is 0 Å². The normalized spacial score (nSPS) is 18.4. The predicted molar refractivity (Wildman–Crippen MR) is 71.7 cm³/mol. The SMILES string of the molecule is CCOC(=O)C1CCCCN1C(=O)c1cccc(F)c1F. The summed E-state index contributed by atoms with van der Waals surface area (Å²) in [5.74, 6) is -3.44. The second-order valence-corrected chi connectivity index (χ2v) is 4.86. The first-order chi connectivity index (χ1) is 10.1. The van der Waals surface area contributed by atoms with Gasteiger partial charge in [-0.1, -0.05) is 6.07 Å². The summed E-state index contributed by atoms with van der Waals surface area (Å²) in [6.07, 6.45) is 1.99. The Kier molecular flexibility index (Phi) is 4.88. The number of hydrogen-bond acceptors (Lipinski definition) is 3. The number of benzene rings is 1. The highest BCUT2D eigenvalue weighted by molar-refractivity contribution is 5.97. The van der Waals surface area contributed by atoms with Crippen molar-refractivity contribution in [1.82, 2.24) is 4.90 Å². The van der Waals surface area contributed by atoms with E-state index in [1.165, 1.54) is 17.0 Å². The van der Waals surface area contributed by atoms with E-state index >= 15 is 0 Å². The molecule has 6 heteroatoms. The Morgan fingerprint density at radius 3 is 2.81 bits per heavy atom. The molecule has 1 saturated heterocycles. The van der Waals surface area contributed by atoms with E-state index in [-0.39, 0.29) is 12.2 Å². The van der Waals surface area contributed by atoms with Crippen molar-refractivity contribution < 1.29 is 23.1 Å².